The van der Waals surface area contributed by atoms with Gasteiger partial charge in [0.25, 0.3) is 0 Å². The van der Waals surface area contributed by atoms with Gasteiger partial charge in [-0.1, -0.05) is 117 Å². The van der Waals surface area contributed by atoms with E-state index >= 15 is 0 Å². The van der Waals surface area contributed by atoms with Gasteiger partial charge in [-0.25, -0.2) is 0 Å². The molecule has 0 unspecified atom stereocenters. The zero-order valence-electron chi connectivity index (χ0n) is 17.5. The third-order valence-corrected chi connectivity index (χ3v) is 5.85. The molecule has 0 heterocycles. The Kier molecular flexibility index (Phi) is 9.42. The molecule has 4 aromatic carbocycles. The fraction of sp³-hybridized carbons (Fsp3) is 0.107. The number of ketones is 1. The second-order valence-electron chi connectivity index (χ2n) is 7.36. The predicted molar refractivity (Wildman–Crippen MR) is 138 cm³/mol. The van der Waals surface area contributed by atoms with E-state index < -0.39 is 6.10 Å². The van der Waals surface area contributed by atoms with Crippen LogP contribution in [0.15, 0.2) is 118 Å². The summed E-state index contributed by atoms with van der Waals surface area (Å²) in [6.45, 7) is 0. The smallest absolute Gasteiger partial charge is 0.167 e. The van der Waals surface area contributed by atoms with Crippen molar-refractivity contribution in [1.29, 1.82) is 0 Å². The summed E-state index contributed by atoms with van der Waals surface area (Å²) in [5, 5.41) is 10.1. The first-order valence-corrected chi connectivity index (χ1v) is 11.9. The Labute approximate surface area is 206 Å². The molecule has 0 amide bonds. The molecular weight excluding hydrogens is 528 g/mol. The maximum atomic E-state index is 11.9. The fourth-order valence-corrected chi connectivity index (χ4v) is 4.03. The van der Waals surface area contributed by atoms with Crippen LogP contribution >= 0.6 is 31.9 Å². The molecule has 0 saturated carbocycles. The summed E-state index contributed by atoms with van der Waals surface area (Å²) < 4.78 is 1.93. The van der Waals surface area contributed by atoms with Crippen LogP contribution in [0, 0.1) is 0 Å². The van der Waals surface area contributed by atoms with Crippen molar-refractivity contribution in [1.82, 2.24) is 0 Å². The van der Waals surface area contributed by atoms with Crippen LogP contribution in [-0.4, -0.2) is 10.9 Å². The molecule has 0 bridgehead atoms. The zero-order chi connectivity index (χ0) is 22.8. The lowest BCUT2D eigenvalue weighted by Crippen LogP contribution is -2.03. The van der Waals surface area contributed by atoms with Crippen molar-refractivity contribution in [3.8, 4) is 0 Å². The second kappa shape index (κ2) is 12.5. The van der Waals surface area contributed by atoms with Crippen LogP contribution in [0.25, 0.3) is 0 Å². The van der Waals surface area contributed by atoms with Crippen LogP contribution in [0.4, 0.5) is 0 Å². The van der Waals surface area contributed by atoms with Gasteiger partial charge in [-0.3, -0.25) is 4.79 Å². The number of Topliss-reactive ketones (excluding diaryl/α,β-unsaturated/α-hetero) is 1. The molecule has 4 heteroatoms. The third-order valence-electron chi connectivity index (χ3n) is 4.86. The first-order valence-electron chi connectivity index (χ1n) is 10.3. The van der Waals surface area contributed by atoms with E-state index in [9.17, 15) is 9.90 Å². The van der Waals surface area contributed by atoms with Crippen LogP contribution in [0.1, 0.15) is 33.2 Å². The topological polar surface area (TPSA) is 37.3 Å². The number of rotatable bonds is 6. The number of hydrogen-bond donors (Lipinski definition) is 1. The number of benzene rings is 4. The Bertz CT molecular complexity index is 1130. The van der Waals surface area contributed by atoms with Gasteiger partial charge in [0.15, 0.2) is 5.78 Å². The quantitative estimate of drug-likeness (QED) is 0.250. The minimum absolute atomic E-state index is 0.146. The minimum atomic E-state index is -0.445. The van der Waals surface area contributed by atoms with Gasteiger partial charge in [0.05, 0.1) is 6.10 Å². The van der Waals surface area contributed by atoms with Crippen LogP contribution in [0.2, 0.25) is 0 Å². The summed E-state index contributed by atoms with van der Waals surface area (Å²) in [6, 6.07) is 35.1. The molecule has 0 aromatic heterocycles. The molecule has 0 aliphatic rings. The Morgan fingerprint density at radius 3 is 1.84 bits per heavy atom. The van der Waals surface area contributed by atoms with Crippen LogP contribution in [0.3, 0.4) is 0 Å². The van der Waals surface area contributed by atoms with E-state index in [1.165, 1.54) is 0 Å². The Hall–Kier alpha value is -2.53. The lowest BCUT2D eigenvalue weighted by atomic mass is 10.0. The number of carbonyl (C=O) groups is 1. The fourth-order valence-electron chi connectivity index (χ4n) is 3.21. The molecule has 1 N–H and O–H groups in total. The number of hydrogen-bond acceptors (Lipinski definition) is 2. The molecule has 0 aliphatic heterocycles. The van der Waals surface area contributed by atoms with Gasteiger partial charge in [0.1, 0.15) is 0 Å². The molecule has 2 nitrogen and oxygen atoms in total. The van der Waals surface area contributed by atoms with Gasteiger partial charge in [-0.05, 0) is 41.0 Å². The highest BCUT2D eigenvalue weighted by Gasteiger charge is 2.08. The number of halogens is 2. The summed E-state index contributed by atoms with van der Waals surface area (Å²) >= 11 is 6.77. The van der Waals surface area contributed by atoms with Crippen LogP contribution in [0.5, 0.6) is 0 Å². The highest BCUT2D eigenvalue weighted by Crippen LogP contribution is 2.21. The van der Waals surface area contributed by atoms with E-state index in [4.69, 9.17) is 0 Å². The van der Waals surface area contributed by atoms with Crippen molar-refractivity contribution < 1.29 is 9.90 Å². The molecule has 0 radical (unpaired) electrons. The van der Waals surface area contributed by atoms with E-state index in [-0.39, 0.29) is 5.78 Å². The van der Waals surface area contributed by atoms with Gasteiger partial charge in [-0.15, -0.1) is 0 Å². The van der Waals surface area contributed by atoms with E-state index in [2.05, 4.69) is 31.9 Å². The normalized spacial score (nSPS) is 11.2. The predicted octanol–water partition coefficient (Wildman–Crippen LogP) is 7.60. The molecule has 4 rings (SSSR count). The van der Waals surface area contributed by atoms with Crippen molar-refractivity contribution in [2.75, 3.05) is 0 Å². The average Bonchev–Trinajstić information content (AvgIpc) is 2.81. The van der Waals surface area contributed by atoms with Crippen molar-refractivity contribution in [2.24, 2.45) is 0 Å². The Balaban J connectivity index is 0.000000181. The third kappa shape index (κ3) is 7.86. The number of aliphatic hydroxyl groups excluding tert-OH is 1. The standard InChI is InChI=1S/C14H13BrO.C14H11BrO/c2*15-13-8-4-7-12(10-13)14(16)9-11-5-2-1-3-6-11/h1-8,10,14,16H,9H2;1-8,10H,9H2/t14-;/m1./s1. The molecule has 0 fully saturated rings. The highest BCUT2D eigenvalue weighted by molar-refractivity contribution is 9.10. The maximum Gasteiger partial charge on any atom is 0.167 e. The van der Waals surface area contributed by atoms with E-state index in [1.807, 2.05) is 109 Å². The second-order valence-corrected chi connectivity index (χ2v) is 9.19. The van der Waals surface area contributed by atoms with Crippen molar-refractivity contribution >= 4 is 37.6 Å². The van der Waals surface area contributed by atoms with Gasteiger partial charge < -0.3 is 5.11 Å². The molecule has 32 heavy (non-hydrogen) atoms. The van der Waals surface area contributed by atoms with Gasteiger partial charge in [0, 0.05) is 27.4 Å². The summed E-state index contributed by atoms with van der Waals surface area (Å²) in [5.41, 5.74) is 3.89. The van der Waals surface area contributed by atoms with Gasteiger partial charge in [0.2, 0.25) is 0 Å². The Morgan fingerprint density at radius 1 is 0.688 bits per heavy atom. The molecule has 0 spiro atoms. The zero-order valence-corrected chi connectivity index (χ0v) is 20.7. The summed E-state index contributed by atoms with van der Waals surface area (Å²) in [7, 11) is 0. The summed E-state index contributed by atoms with van der Waals surface area (Å²) in [4.78, 5) is 11.9. The molecule has 1 atom stereocenters. The van der Waals surface area contributed by atoms with Crippen LogP contribution in [-0.2, 0) is 12.8 Å². The van der Waals surface area contributed by atoms with Crippen molar-refractivity contribution in [3.05, 3.63) is 140 Å². The number of carbonyl (C=O) groups excluding carboxylic acids is 1. The molecule has 0 aliphatic carbocycles. The SMILES string of the molecule is O=C(Cc1ccccc1)c1cccc(Br)c1.O[C@H](Cc1ccccc1)c1cccc(Br)c1. The minimum Gasteiger partial charge on any atom is -0.388 e. The van der Waals surface area contributed by atoms with Gasteiger partial charge in [-0.2, -0.15) is 0 Å². The molecule has 162 valence electrons. The average molecular weight is 552 g/mol. The first-order chi connectivity index (χ1) is 15.5. The molecular formula is C28H24Br2O2. The van der Waals surface area contributed by atoms with E-state index in [1.54, 1.807) is 0 Å². The van der Waals surface area contributed by atoms with Crippen molar-refractivity contribution in [2.45, 2.75) is 18.9 Å². The molecule has 4 aromatic rings. The van der Waals surface area contributed by atoms with E-state index in [0.717, 1.165) is 31.2 Å². The lowest BCUT2D eigenvalue weighted by Gasteiger charge is -2.11. The van der Waals surface area contributed by atoms with Crippen molar-refractivity contribution in [3.63, 3.8) is 0 Å². The largest absolute Gasteiger partial charge is 0.388 e. The molecule has 0 saturated heterocycles. The number of aliphatic hydroxyl groups is 1. The lowest BCUT2D eigenvalue weighted by molar-refractivity contribution is 0.0993. The monoisotopic (exact) mass is 550 g/mol. The maximum absolute atomic E-state index is 11.9. The van der Waals surface area contributed by atoms with E-state index in [0.29, 0.717) is 12.8 Å². The Morgan fingerprint density at radius 2 is 1.25 bits per heavy atom. The first kappa shape index (κ1) is 24.1. The summed E-state index contributed by atoms with van der Waals surface area (Å²) in [5.74, 6) is 0.146. The van der Waals surface area contributed by atoms with Gasteiger partial charge >= 0.3 is 0 Å². The van der Waals surface area contributed by atoms with Crippen LogP contribution < -0.4 is 0 Å². The summed E-state index contributed by atoms with van der Waals surface area (Å²) in [6.07, 6.45) is 0.661. The highest BCUT2D eigenvalue weighted by atomic mass is 79.9.